The molecule has 2 aromatic carbocycles. The standard InChI is InChI=1S/C25H28N6O/c1-17-15-18(2)28-25(27-17)30-21(16-19-9-5-4-6-10-19)24(32)26-14-13-23-29-20-11-7-8-12-22(20)31(23)3/h4-12,15,21H,13-14,16H2,1-3H3,(H,26,32)(H,27,28,30). The molecule has 2 N–H and O–H groups in total. The third-order valence-electron chi connectivity index (χ3n) is 5.41. The van der Waals surface area contributed by atoms with Crippen LogP contribution < -0.4 is 10.6 Å². The zero-order chi connectivity index (χ0) is 22.5. The summed E-state index contributed by atoms with van der Waals surface area (Å²) in [7, 11) is 2.00. The molecule has 0 fully saturated rings. The van der Waals surface area contributed by atoms with E-state index in [0.29, 0.717) is 25.3 Å². The number of amides is 1. The Balaban J connectivity index is 1.45. The number of carbonyl (C=O) groups excluding carboxylic acids is 1. The van der Waals surface area contributed by atoms with Gasteiger partial charge in [-0.3, -0.25) is 4.79 Å². The Morgan fingerprint density at radius 3 is 2.38 bits per heavy atom. The van der Waals surface area contributed by atoms with Gasteiger partial charge < -0.3 is 15.2 Å². The number of anilines is 1. The first-order valence-electron chi connectivity index (χ1n) is 10.8. The highest BCUT2D eigenvalue weighted by Crippen LogP contribution is 2.14. The van der Waals surface area contributed by atoms with E-state index in [9.17, 15) is 4.79 Å². The third-order valence-corrected chi connectivity index (χ3v) is 5.41. The molecule has 1 amide bonds. The number of carbonyl (C=O) groups is 1. The van der Waals surface area contributed by atoms with Gasteiger partial charge in [0.1, 0.15) is 11.9 Å². The molecule has 4 rings (SSSR count). The number of para-hydroxylation sites is 2. The van der Waals surface area contributed by atoms with Crippen LogP contribution in [0, 0.1) is 13.8 Å². The van der Waals surface area contributed by atoms with E-state index in [2.05, 4.69) is 30.2 Å². The fraction of sp³-hybridized carbons (Fsp3) is 0.280. The van der Waals surface area contributed by atoms with Gasteiger partial charge in [0, 0.05) is 37.8 Å². The van der Waals surface area contributed by atoms with Crippen molar-refractivity contribution in [2.75, 3.05) is 11.9 Å². The second-order valence-corrected chi connectivity index (χ2v) is 7.98. The van der Waals surface area contributed by atoms with Crippen molar-refractivity contribution in [3.63, 3.8) is 0 Å². The van der Waals surface area contributed by atoms with Crippen LogP contribution in [0.1, 0.15) is 22.8 Å². The van der Waals surface area contributed by atoms with E-state index in [1.54, 1.807) is 0 Å². The van der Waals surface area contributed by atoms with Gasteiger partial charge in [-0.15, -0.1) is 0 Å². The lowest BCUT2D eigenvalue weighted by molar-refractivity contribution is -0.121. The van der Waals surface area contributed by atoms with Gasteiger partial charge in [-0.2, -0.15) is 0 Å². The summed E-state index contributed by atoms with van der Waals surface area (Å²) in [6.45, 7) is 4.34. The number of nitrogens with zero attached hydrogens (tertiary/aromatic N) is 4. The molecule has 1 unspecified atom stereocenters. The minimum atomic E-state index is -0.487. The average molecular weight is 429 g/mol. The van der Waals surface area contributed by atoms with E-state index < -0.39 is 6.04 Å². The zero-order valence-corrected chi connectivity index (χ0v) is 18.7. The SMILES string of the molecule is Cc1cc(C)nc(NC(Cc2ccccc2)C(=O)NCCc2nc3ccccc3n2C)n1. The Morgan fingerprint density at radius 1 is 0.969 bits per heavy atom. The maximum absolute atomic E-state index is 13.1. The minimum absolute atomic E-state index is 0.0876. The fourth-order valence-corrected chi connectivity index (χ4v) is 3.85. The number of imidazole rings is 1. The lowest BCUT2D eigenvalue weighted by atomic mass is 10.1. The molecular weight excluding hydrogens is 400 g/mol. The van der Waals surface area contributed by atoms with Crippen LogP contribution in [0.15, 0.2) is 60.7 Å². The van der Waals surface area contributed by atoms with Crippen molar-refractivity contribution in [2.45, 2.75) is 32.7 Å². The van der Waals surface area contributed by atoms with Gasteiger partial charge in [0.25, 0.3) is 0 Å². The van der Waals surface area contributed by atoms with Crippen molar-refractivity contribution in [3.8, 4) is 0 Å². The summed E-state index contributed by atoms with van der Waals surface area (Å²) < 4.78 is 2.07. The van der Waals surface area contributed by atoms with Crippen molar-refractivity contribution < 1.29 is 4.79 Å². The number of aromatic nitrogens is 4. The molecule has 1 atom stereocenters. The van der Waals surface area contributed by atoms with Gasteiger partial charge in [-0.05, 0) is 37.6 Å². The molecule has 32 heavy (non-hydrogen) atoms. The molecular formula is C25H28N6O. The first-order valence-corrected chi connectivity index (χ1v) is 10.8. The number of rotatable bonds is 8. The molecule has 0 saturated carbocycles. The van der Waals surface area contributed by atoms with Crippen LogP contribution in [-0.2, 0) is 24.7 Å². The van der Waals surface area contributed by atoms with Crippen LogP contribution in [0.5, 0.6) is 0 Å². The normalized spacial score (nSPS) is 12.0. The summed E-state index contributed by atoms with van der Waals surface area (Å²) in [5, 5.41) is 6.30. The molecule has 0 saturated heterocycles. The Morgan fingerprint density at radius 2 is 1.66 bits per heavy atom. The van der Waals surface area contributed by atoms with Crippen LogP contribution in [0.3, 0.4) is 0 Å². The number of aryl methyl sites for hydroxylation is 3. The molecule has 0 spiro atoms. The second kappa shape index (κ2) is 9.60. The third kappa shape index (κ3) is 5.11. The summed E-state index contributed by atoms with van der Waals surface area (Å²) in [6, 6.07) is 19.4. The van der Waals surface area contributed by atoms with Crippen LogP contribution in [0.25, 0.3) is 11.0 Å². The fourth-order valence-electron chi connectivity index (χ4n) is 3.85. The van der Waals surface area contributed by atoms with Crippen molar-refractivity contribution in [2.24, 2.45) is 7.05 Å². The first-order chi connectivity index (χ1) is 15.5. The van der Waals surface area contributed by atoms with Gasteiger partial charge in [0.2, 0.25) is 11.9 Å². The van der Waals surface area contributed by atoms with Gasteiger partial charge in [-0.25, -0.2) is 15.0 Å². The number of nitrogens with one attached hydrogen (secondary N) is 2. The van der Waals surface area contributed by atoms with Crippen LogP contribution in [0.2, 0.25) is 0 Å². The topological polar surface area (TPSA) is 84.7 Å². The van der Waals surface area contributed by atoms with Crippen molar-refractivity contribution in [1.82, 2.24) is 24.8 Å². The summed E-state index contributed by atoms with van der Waals surface area (Å²) >= 11 is 0. The average Bonchev–Trinajstić information content (AvgIpc) is 3.09. The largest absolute Gasteiger partial charge is 0.354 e. The zero-order valence-electron chi connectivity index (χ0n) is 18.7. The van der Waals surface area contributed by atoms with Crippen LogP contribution in [-0.4, -0.2) is 38.0 Å². The highest BCUT2D eigenvalue weighted by Gasteiger charge is 2.20. The molecule has 7 nitrogen and oxygen atoms in total. The molecule has 0 aliphatic rings. The summed E-state index contributed by atoms with van der Waals surface area (Å²) in [4.78, 5) is 26.7. The molecule has 2 heterocycles. The molecule has 0 aliphatic carbocycles. The lowest BCUT2D eigenvalue weighted by Gasteiger charge is -2.19. The molecule has 164 valence electrons. The van der Waals surface area contributed by atoms with Crippen molar-refractivity contribution in [3.05, 3.63) is 83.4 Å². The van der Waals surface area contributed by atoms with E-state index in [-0.39, 0.29) is 5.91 Å². The van der Waals surface area contributed by atoms with Crippen LogP contribution >= 0.6 is 0 Å². The van der Waals surface area contributed by atoms with E-state index in [4.69, 9.17) is 0 Å². The van der Waals surface area contributed by atoms with Crippen molar-refractivity contribution in [1.29, 1.82) is 0 Å². The number of hydrogen-bond donors (Lipinski definition) is 2. The van der Waals surface area contributed by atoms with E-state index in [0.717, 1.165) is 33.8 Å². The second-order valence-electron chi connectivity index (χ2n) is 7.98. The number of benzene rings is 2. The van der Waals surface area contributed by atoms with E-state index >= 15 is 0 Å². The molecule has 4 aromatic rings. The highest BCUT2D eigenvalue weighted by molar-refractivity contribution is 5.84. The monoisotopic (exact) mass is 428 g/mol. The maximum atomic E-state index is 13.1. The maximum Gasteiger partial charge on any atom is 0.242 e. The van der Waals surface area contributed by atoms with Gasteiger partial charge in [-0.1, -0.05) is 42.5 Å². The first kappa shape index (κ1) is 21.5. The molecule has 0 radical (unpaired) electrons. The van der Waals surface area contributed by atoms with Crippen LogP contribution in [0.4, 0.5) is 5.95 Å². The summed E-state index contributed by atoms with van der Waals surface area (Å²) in [6.07, 6.45) is 1.18. The van der Waals surface area contributed by atoms with Gasteiger partial charge in [0.15, 0.2) is 0 Å². The Labute approximate surface area is 187 Å². The molecule has 2 aromatic heterocycles. The molecule has 0 bridgehead atoms. The summed E-state index contributed by atoms with van der Waals surface area (Å²) in [5.74, 6) is 1.32. The Hall–Kier alpha value is -3.74. The lowest BCUT2D eigenvalue weighted by Crippen LogP contribution is -2.42. The van der Waals surface area contributed by atoms with Gasteiger partial charge in [0.05, 0.1) is 11.0 Å². The van der Waals surface area contributed by atoms with Gasteiger partial charge >= 0.3 is 0 Å². The van der Waals surface area contributed by atoms with E-state index in [1.807, 2.05) is 81.6 Å². The number of hydrogen-bond acceptors (Lipinski definition) is 5. The number of fused-ring (bicyclic) bond motifs is 1. The van der Waals surface area contributed by atoms with Crippen molar-refractivity contribution >= 4 is 22.9 Å². The minimum Gasteiger partial charge on any atom is -0.354 e. The smallest absolute Gasteiger partial charge is 0.242 e. The molecule has 0 aliphatic heterocycles. The Kier molecular flexibility index (Phi) is 6.44. The summed E-state index contributed by atoms with van der Waals surface area (Å²) in [5.41, 5.74) is 4.85. The van der Waals surface area contributed by atoms with E-state index in [1.165, 1.54) is 0 Å². The molecule has 7 heteroatoms. The highest BCUT2D eigenvalue weighted by atomic mass is 16.2. The predicted molar refractivity (Wildman–Crippen MR) is 126 cm³/mol. The quantitative estimate of drug-likeness (QED) is 0.450. The Bertz CT molecular complexity index is 1200. The predicted octanol–water partition coefficient (Wildman–Crippen LogP) is 3.36.